The average molecular weight is 529 g/mol. The molecule has 0 bridgehead atoms. The van der Waals surface area contributed by atoms with E-state index in [9.17, 15) is 14.4 Å². The summed E-state index contributed by atoms with van der Waals surface area (Å²) in [5.74, 6) is -0.831. The summed E-state index contributed by atoms with van der Waals surface area (Å²) in [6.45, 7) is 5.36. The predicted molar refractivity (Wildman–Crippen MR) is 138 cm³/mol. The molecule has 0 aliphatic heterocycles. The van der Waals surface area contributed by atoms with Crippen LogP contribution < -0.4 is 5.32 Å². The van der Waals surface area contributed by atoms with Crippen LogP contribution in [0.3, 0.4) is 0 Å². The first-order valence-electron chi connectivity index (χ1n) is 11.7. The van der Waals surface area contributed by atoms with Gasteiger partial charge in [0.25, 0.3) is 5.91 Å². The van der Waals surface area contributed by atoms with Gasteiger partial charge in [-0.25, -0.2) is 9.59 Å². The Kier molecular flexibility index (Phi) is 8.10. The van der Waals surface area contributed by atoms with Gasteiger partial charge in [-0.2, -0.15) is 0 Å². The maximum absolute atomic E-state index is 12.9. The van der Waals surface area contributed by atoms with Gasteiger partial charge in [-0.1, -0.05) is 11.8 Å². The molecular formula is C25H28N4O5S2. The first-order valence-corrected chi connectivity index (χ1v) is 13.8. The van der Waals surface area contributed by atoms with Crippen molar-refractivity contribution in [3.8, 4) is 5.69 Å². The van der Waals surface area contributed by atoms with Crippen molar-refractivity contribution >= 4 is 45.9 Å². The summed E-state index contributed by atoms with van der Waals surface area (Å²) in [7, 11) is 0. The molecule has 0 spiro atoms. The van der Waals surface area contributed by atoms with Crippen LogP contribution in [0.15, 0.2) is 29.4 Å². The molecule has 36 heavy (non-hydrogen) atoms. The Morgan fingerprint density at radius 2 is 1.86 bits per heavy atom. The van der Waals surface area contributed by atoms with Crippen molar-refractivity contribution in [1.82, 2.24) is 14.8 Å². The zero-order valence-electron chi connectivity index (χ0n) is 20.6. The number of fused-ring (bicyclic) bond motifs is 1. The minimum absolute atomic E-state index is 0.249. The number of carbonyl (C=O) groups is 3. The molecule has 1 aliphatic carbocycles. The number of anilines is 1. The molecule has 1 atom stereocenters. The highest BCUT2D eigenvalue weighted by Crippen LogP contribution is 2.38. The fraction of sp³-hybridized carbons (Fsp3) is 0.400. The second-order valence-corrected chi connectivity index (χ2v) is 10.2. The molecular weight excluding hydrogens is 500 g/mol. The number of aromatic nitrogens is 3. The van der Waals surface area contributed by atoms with E-state index in [1.807, 2.05) is 17.7 Å². The first-order chi connectivity index (χ1) is 17.3. The van der Waals surface area contributed by atoms with Gasteiger partial charge in [-0.15, -0.1) is 21.5 Å². The Hall–Kier alpha value is -3.18. The quantitative estimate of drug-likeness (QED) is 0.334. The van der Waals surface area contributed by atoms with E-state index in [1.54, 1.807) is 31.2 Å². The van der Waals surface area contributed by atoms with Crippen LogP contribution in [0.2, 0.25) is 0 Å². The van der Waals surface area contributed by atoms with E-state index in [0.717, 1.165) is 52.8 Å². The third-order valence-electron chi connectivity index (χ3n) is 5.88. The molecule has 9 nitrogen and oxygen atoms in total. The Bertz CT molecular complexity index is 1280. The zero-order chi connectivity index (χ0) is 25.8. The van der Waals surface area contributed by atoms with Gasteiger partial charge in [0.15, 0.2) is 11.3 Å². The lowest BCUT2D eigenvalue weighted by molar-refractivity contribution is -0.123. The van der Waals surface area contributed by atoms with Crippen LogP contribution in [0.5, 0.6) is 0 Å². The monoisotopic (exact) mass is 528 g/mol. The van der Waals surface area contributed by atoms with Crippen molar-refractivity contribution in [2.24, 2.45) is 0 Å². The molecule has 0 fully saturated rings. The lowest BCUT2D eigenvalue weighted by atomic mass is 9.95. The summed E-state index contributed by atoms with van der Waals surface area (Å²) in [5, 5.41) is 12.2. The second-order valence-electron chi connectivity index (χ2n) is 8.29. The van der Waals surface area contributed by atoms with Crippen LogP contribution in [0.4, 0.5) is 5.00 Å². The van der Waals surface area contributed by atoms with Crippen LogP contribution >= 0.6 is 23.1 Å². The molecule has 11 heteroatoms. The van der Waals surface area contributed by atoms with E-state index in [-0.39, 0.29) is 6.61 Å². The van der Waals surface area contributed by atoms with E-state index in [4.69, 9.17) is 9.47 Å². The van der Waals surface area contributed by atoms with Gasteiger partial charge in [0.2, 0.25) is 0 Å². The number of esters is 2. The van der Waals surface area contributed by atoms with Gasteiger partial charge in [0.05, 0.1) is 17.7 Å². The molecule has 2 heterocycles. The van der Waals surface area contributed by atoms with Gasteiger partial charge >= 0.3 is 11.9 Å². The number of aryl methyl sites for hydroxylation is 2. The third kappa shape index (κ3) is 5.31. The number of hydrogen-bond donors (Lipinski definition) is 1. The van der Waals surface area contributed by atoms with Gasteiger partial charge < -0.3 is 14.8 Å². The van der Waals surface area contributed by atoms with Crippen molar-refractivity contribution in [3.63, 3.8) is 0 Å². The molecule has 4 rings (SSSR count). The number of ether oxygens (including phenoxy) is 2. The standard InChI is InChI=1S/C25H28N4O5S2/c1-5-33-24(32)20-18-8-6-7-9-19(18)36-22(20)26-21(30)14(2)34-23(31)16-10-12-17(13-11-16)29-15(3)27-28-25(29)35-4/h10-14H,5-9H2,1-4H3,(H,26,30). The molecule has 0 radical (unpaired) electrons. The number of thioether (sulfide) groups is 1. The predicted octanol–water partition coefficient (Wildman–Crippen LogP) is 4.60. The number of amides is 1. The van der Waals surface area contributed by atoms with Crippen LogP contribution in [0.1, 0.15) is 63.7 Å². The molecule has 1 aromatic carbocycles. The molecule has 2 aromatic heterocycles. The maximum atomic E-state index is 12.9. The zero-order valence-corrected chi connectivity index (χ0v) is 22.3. The van der Waals surface area contributed by atoms with Crippen molar-refractivity contribution < 1.29 is 23.9 Å². The number of nitrogens with one attached hydrogen (secondary N) is 1. The second kappa shape index (κ2) is 11.3. The average Bonchev–Trinajstić information content (AvgIpc) is 3.43. The van der Waals surface area contributed by atoms with E-state index in [0.29, 0.717) is 16.1 Å². The summed E-state index contributed by atoms with van der Waals surface area (Å²) in [4.78, 5) is 39.3. The number of hydrogen-bond acceptors (Lipinski definition) is 9. The highest BCUT2D eigenvalue weighted by Gasteiger charge is 2.29. The number of rotatable bonds is 8. The smallest absolute Gasteiger partial charge is 0.341 e. The first kappa shape index (κ1) is 25.9. The SMILES string of the molecule is CCOC(=O)c1c(NC(=O)C(C)OC(=O)c2ccc(-n3c(C)nnc3SC)cc2)sc2c1CCCC2. The van der Waals surface area contributed by atoms with Gasteiger partial charge in [-0.3, -0.25) is 9.36 Å². The van der Waals surface area contributed by atoms with Crippen molar-refractivity contribution in [3.05, 3.63) is 51.7 Å². The Balaban J connectivity index is 1.45. The summed E-state index contributed by atoms with van der Waals surface area (Å²) in [6, 6.07) is 6.83. The van der Waals surface area contributed by atoms with E-state index in [2.05, 4.69) is 15.5 Å². The van der Waals surface area contributed by atoms with Crippen molar-refractivity contribution in [2.45, 2.75) is 57.7 Å². The lowest BCUT2D eigenvalue weighted by Crippen LogP contribution is -2.30. The summed E-state index contributed by atoms with van der Waals surface area (Å²) in [6.07, 6.45) is 4.55. The number of carbonyl (C=O) groups excluding carboxylic acids is 3. The minimum atomic E-state index is -1.06. The van der Waals surface area contributed by atoms with E-state index >= 15 is 0 Å². The highest BCUT2D eigenvalue weighted by atomic mass is 32.2. The van der Waals surface area contributed by atoms with Crippen molar-refractivity contribution in [2.75, 3.05) is 18.2 Å². The largest absolute Gasteiger partial charge is 0.462 e. The summed E-state index contributed by atoms with van der Waals surface area (Å²) in [5.41, 5.74) is 2.51. The summed E-state index contributed by atoms with van der Waals surface area (Å²) >= 11 is 2.87. The normalized spacial score (nSPS) is 13.6. The summed E-state index contributed by atoms with van der Waals surface area (Å²) < 4.78 is 12.5. The van der Waals surface area contributed by atoms with Gasteiger partial charge in [0.1, 0.15) is 10.8 Å². The Morgan fingerprint density at radius 3 is 2.56 bits per heavy atom. The van der Waals surface area contributed by atoms with Crippen LogP contribution in [0.25, 0.3) is 5.69 Å². The third-order valence-corrected chi connectivity index (χ3v) is 7.72. The molecule has 1 amide bonds. The number of nitrogens with zero attached hydrogens (tertiary/aromatic N) is 3. The lowest BCUT2D eigenvalue weighted by Gasteiger charge is -2.15. The van der Waals surface area contributed by atoms with Crippen molar-refractivity contribution in [1.29, 1.82) is 0 Å². The number of benzene rings is 1. The molecule has 1 unspecified atom stereocenters. The minimum Gasteiger partial charge on any atom is -0.462 e. The molecule has 1 aliphatic rings. The van der Waals surface area contributed by atoms with Crippen LogP contribution in [-0.4, -0.2) is 51.6 Å². The Labute approximate surface area is 217 Å². The highest BCUT2D eigenvalue weighted by molar-refractivity contribution is 7.98. The van der Waals surface area contributed by atoms with Crippen LogP contribution in [-0.2, 0) is 27.1 Å². The fourth-order valence-corrected chi connectivity index (χ4v) is 5.91. The maximum Gasteiger partial charge on any atom is 0.341 e. The van der Waals surface area contributed by atoms with Gasteiger partial charge in [0, 0.05) is 10.6 Å². The van der Waals surface area contributed by atoms with Gasteiger partial charge in [-0.05, 0) is 82.5 Å². The molecule has 1 N–H and O–H groups in total. The fourth-order valence-electron chi connectivity index (χ4n) is 4.09. The molecule has 190 valence electrons. The van der Waals surface area contributed by atoms with E-state index < -0.39 is 23.9 Å². The molecule has 0 saturated carbocycles. The van der Waals surface area contributed by atoms with E-state index in [1.165, 1.54) is 30.0 Å². The molecule has 0 saturated heterocycles. The Morgan fingerprint density at radius 1 is 1.14 bits per heavy atom. The van der Waals surface area contributed by atoms with Crippen LogP contribution in [0, 0.1) is 6.92 Å². The molecule has 3 aromatic rings. The number of thiophene rings is 1. The topological polar surface area (TPSA) is 112 Å².